The van der Waals surface area contributed by atoms with E-state index >= 15 is 0 Å². The summed E-state index contributed by atoms with van der Waals surface area (Å²) in [5.41, 5.74) is 1.87. The number of hydrogen-bond acceptors (Lipinski definition) is 4. The predicted octanol–water partition coefficient (Wildman–Crippen LogP) is 2.03. The molecule has 1 aromatic carbocycles. The molecule has 7 nitrogen and oxygen atoms in total. The summed E-state index contributed by atoms with van der Waals surface area (Å²) in [5, 5.41) is 6.85. The molecule has 2 rings (SSSR count). The maximum atomic E-state index is 12.7. The Balaban J connectivity index is 2.17. The van der Waals surface area contributed by atoms with Gasteiger partial charge in [-0.15, -0.1) is 0 Å². The minimum absolute atomic E-state index is 0.0355. The van der Waals surface area contributed by atoms with Crippen LogP contribution in [-0.4, -0.2) is 65.6 Å². The molecule has 0 aliphatic carbocycles. The van der Waals surface area contributed by atoms with Gasteiger partial charge in [0.15, 0.2) is 0 Å². The quantitative estimate of drug-likeness (QED) is 0.833. The van der Waals surface area contributed by atoms with Crippen molar-refractivity contribution in [2.75, 3.05) is 33.8 Å². The van der Waals surface area contributed by atoms with Crippen molar-refractivity contribution < 1.29 is 14.3 Å². The summed E-state index contributed by atoms with van der Waals surface area (Å²) >= 11 is 0. The Morgan fingerprint density at radius 2 is 1.80 bits per heavy atom. The molecule has 25 heavy (non-hydrogen) atoms. The lowest BCUT2D eigenvalue weighted by atomic mass is 10.1. The number of aromatic amines is 1. The summed E-state index contributed by atoms with van der Waals surface area (Å²) in [6.07, 6.45) is 1.49. The van der Waals surface area contributed by atoms with Gasteiger partial charge in [0, 0.05) is 25.7 Å². The number of ether oxygens (including phenoxy) is 1. The van der Waals surface area contributed by atoms with Gasteiger partial charge in [0.05, 0.1) is 31.1 Å². The molecule has 2 aromatic rings. The van der Waals surface area contributed by atoms with E-state index in [0.29, 0.717) is 24.3 Å². The Hall–Kier alpha value is -2.83. The molecule has 0 bridgehead atoms. The number of nitrogens with one attached hydrogen (secondary N) is 1. The normalized spacial score (nSPS) is 10.4. The highest BCUT2D eigenvalue weighted by Crippen LogP contribution is 2.24. The number of carbonyl (C=O) groups is 2. The Morgan fingerprint density at radius 1 is 1.16 bits per heavy atom. The van der Waals surface area contributed by atoms with E-state index in [2.05, 4.69) is 10.2 Å². The molecule has 0 atom stereocenters. The van der Waals surface area contributed by atoms with Crippen LogP contribution in [0.4, 0.5) is 0 Å². The molecule has 134 valence electrons. The zero-order valence-corrected chi connectivity index (χ0v) is 15.1. The minimum atomic E-state index is -0.250. The predicted molar refractivity (Wildman–Crippen MR) is 95.5 cm³/mol. The van der Waals surface area contributed by atoms with Crippen LogP contribution in [0.15, 0.2) is 30.5 Å². The van der Waals surface area contributed by atoms with Crippen molar-refractivity contribution in [2.24, 2.45) is 0 Å². The number of carbonyl (C=O) groups excluding carboxylic acids is 2. The fraction of sp³-hybridized carbons (Fsp3) is 0.389. The van der Waals surface area contributed by atoms with Crippen LogP contribution < -0.4 is 4.74 Å². The number of likely N-dealkylation sites (N-methyl/N-ethyl adjacent to an activating group) is 2. The second kappa shape index (κ2) is 8.32. The number of H-pyrrole nitrogens is 1. The number of amides is 2. The summed E-state index contributed by atoms with van der Waals surface area (Å²) in [4.78, 5) is 28.1. The van der Waals surface area contributed by atoms with Gasteiger partial charge < -0.3 is 14.5 Å². The van der Waals surface area contributed by atoms with Crippen molar-refractivity contribution in [3.63, 3.8) is 0 Å². The van der Waals surface area contributed by atoms with Gasteiger partial charge in [-0.2, -0.15) is 5.10 Å². The Labute approximate surface area is 147 Å². The molecule has 0 radical (unpaired) electrons. The maximum absolute atomic E-state index is 12.7. The number of hydrogen-bond donors (Lipinski definition) is 1. The summed E-state index contributed by atoms with van der Waals surface area (Å²) in [6.45, 7) is 5.12. The van der Waals surface area contributed by atoms with E-state index in [1.807, 2.05) is 38.1 Å². The van der Waals surface area contributed by atoms with Crippen molar-refractivity contribution in [3.8, 4) is 17.0 Å². The summed E-state index contributed by atoms with van der Waals surface area (Å²) < 4.78 is 5.15. The van der Waals surface area contributed by atoms with Crippen LogP contribution in [0.1, 0.15) is 24.2 Å². The fourth-order valence-electron chi connectivity index (χ4n) is 2.58. The van der Waals surface area contributed by atoms with Gasteiger partial charge in [-0.05, 0) is 38.1 Å². The lowest BCUT2D eigenvalue weighted by Gasteiger charge is -2.23. The van der Waals surface area contributed by atoms with Gasteiger partial charge >= 0.3 is 0 Å². The van der Waals surface area contributed by atoms with Gasteiger partial charge in [-0.3, -0.25) is 14.7 Å². The second-order valence-corrected chi connectivity index (χ2v) is 5.61. The highest BCUT2D eigenvalue weighted by molar-refractivity contribution is 6.01. The number of methoxy groups -OCH3 is 1. The molecule has 7 heteroatoms. The van der Waals surface area contributed by atoms with Crippen LogP contribution in [0, 0.1) is 0 Å². The third kappa shape index (κ3) is 4.17. The van der Waals surface area contributed by atoms with Crippen molar-refractivity contribution >= 4 is 11.8 Å². The topological polar surface area (TPSA) is 78.5 Å². The first kappa shape index (κ1) is 18.5. The average molecular weight is 344 g/mol. The highest BCUT2D eigenvalue weighted by atomic mass is 16.5. The fourth-order valence-corrected chi connectivity index (χ4v) is 2.58. The zero-order chi connectivity index (χ0) is 18.4. The Kier molecular flexibility index (Phi) is 6.16. The Bertz CT molecular complexity index is 720. The molecule has 0 unspecified atom stereocenters. The summed E-state index contributed by atoms with van der Waals surface area (Å²) in [7, 11) is 3.22. The van der Waals surface area contributed by atoms with E-state index < -0.39 is 0 Å². The van der Waals surface area contributed by atoms with E-state index in [4.69, 9.17) is 4.74 Å². The molecule has 0 saturated carbocycles. The van der Waals surface area contributed by atoms with E-state index in [9.17, 15) is 9.59 Å². The average Bonchev–Trinajstić information content (AvgIpc) is 3.11. The van der Waals surface area contributed by atoms with Gasteiger partial charge in [0.1, 0.15) is 5.75 Å². The molecule has 1 N–H and O–H groups in total. The SMILES string of the molecule is CCN(CC)C(=O)CN(C)C(=O)c1cn[nH]c1-c1ccc(OC)cc1. The molecule has 0 saturated heterocycles. The molecule has 1 heterocycles. The highest BCUT2D eigenvalue weighted by Gasteiger charge is 2.22. The molecule has 0 spiro atoms. The van der Waals surface area contributed by atoms with Gasteiger partial charge in [-0.1, -0.05) is 0 Å². The molecule has 2 amide bonds. The van der Waals surface area contributed by atoms with Crippen LogP contribution in [-0.2, 0) is 4.79 Å². The minimum Gasteiger partial charge on any atom is -0.497 e. The maximum Gasteiger partial charge on any atom is 0.257 e. The van der Waals surface area contributed by atoms with Crippen LogP contribution in [0.5, 0.6) is 5.75 Å². The van der Waals surface area contributed by atoms with Crippen LogP contribution in [0.2, 0.25) is 0 Å². The van der Waals surface area contributed by atoms with Crippen LogP contribution in [0.3, 0.4) is 0 Å². The van der Waals surface area contributed by atoms with Crippen molar-refractivity contribution in [1.29, 1.82) is 0 Å². The lowest BCUT2D eigenvalue weighted by Crippen LogP contribution is -2.41. The molecule has 0 aliphatic rings. The first-order valence-corrected chi connectivity index (χ1v) is 8.22. The zero-order valence-electron chi connectivity index (χ0n) is 15.1. The second-order valence-electron chi connectivity index (χ2n) is 5.61. The first-order chi connectivity index (χ1) is 12.0. The summed E-state index contributed by atoms with van der Waals surface area (Å²) in [5.74, 6) is 0.411. The van der Waals surface area contributed by atoms with Gasteiger partial charge in [-0.25, -0.2) is 0 Å². The van der Waals surface area contributed by atoms with E-state index in [1.54, 1.807) is 19.1 Å². The van der Waals surface area contributed by atoms with Gasteiger partial charge in [0.25, 0.3) is 5.91 Å². The van der Waals surface area contributed by atoms with E-state index in [-0.39, 0.29) is 18.4 Å². The van der Waals surface area contributed by atoms with E-state index in [0.717, 1.165) is 11.3 Å². The smallest absolute Gasteiger partial charge is 0.257 e. The molecule has 0 aliphatic heterocycles. The largest absolute Gasteiger partial charge is 0.497 e. The number of aromatic nitrogens is 2. The molecule has 1 aromatic heterocycles. The molecular weight excluding hydrogens is 320 g/mol. The van der Waals surface area contributed by atoms with Gasteiger partial charge in [0.2, 0.25) is 5.91 Å². The monoisotopic (exact) mass is 344 g/mol. The number of nitrogens with zero attached hydrogens (tertiary/aromatic N) is 3. The standard InChI is InChI=1S/C18H24N4O3/c1-5-22(6-2)16(23)12-21(3)18(24)15-11-19-20-17(15)13-7-9-14(25-4)10-8-13/h7-11H,5-6,12H2,1-4H3,(H,19,20). The van der Waals surface area contributed by atoms with Crippen molar-refractivity contribution in [3.05, 3.63) is 36.0 Å². The number of benzene rings is 1. The van der Waals surface area contributed by atoms with Crippen LogP contribution in [0.25, 0.3) is 11.3 Å². The van der Waals surface area contributed by atoms with Crippen molar-refractivity contribution in [2.45, 2.75) is 13.8 Å². The summed E-state index contributed by atoms with van der Waals surface area (Å²) in [6, 6.07) is 7.34. The van der Waals surface area contributed by atoms with E-state index in [1.165, 1.54) is 11.1 Å². The van der Waals surface area contributed by atoms with Crippen LogP contribution >= 0.6 is 0 Å². The number of rotatable bonds is 7. The lowest BCUT2D eigenvalue weighted by molar-refractivity contribution is -0.131. The van der Waals surface area contributed by atoms with Crippen molar-refractivity contribution in [1.82, 2.24) is 20.0 Å². The molecule has 0 fully saturated rings. The third-order valence-corrected chi connectivity index (χ3v) is 4.08. The first-order valence-electron chi connectivity index (χ1n) is 8.22. The molecular formula is C18H24N4O3. The Morgan fingerprint density at radius 3 is 2.36 bits per heavy atom. The third-order valence-electron chi connectivity index (χ3n) is 4.08.